The van der Waals surface area contributed by atoms with Gasteiger partial charge in [0.1, 0.15) is 0 Å². The van der Waals surface area contributed by atoms with Crippen LogP contribution in [0.25, 0.3) is 0 Å². The lowest BCUT2D eigenvalue weighted by molar-refractivity contribution is 0.164. The molecule has 0 aliphatic rings. The van der Waals surface area contributed by atoms with E-state index in [0.29, 0.717) is 6.42 Å². The summed E-state index contributed by atoms with van der Waals surface area (Å²) in [5.41, 5.74) is 1.38. The summed E-state index contributed by atoms with van der Waals surface area (Å²) in [4.78, 5) is 0. The first-order valence-corrected chi connectivity index (χ1v) is 5.66. The Morgan fingerprint density at radius 2 is 1.93 bits per heavy atom. The monoisotopic (exact) mass is 204 g/mol. The van der Waals surface area contributed by atoms with Gasteiger partial charge in [-0.05, 0) is 31.2 Å². The highest BCUT2D eigenvalue weighted by Gasteiger charge is 2.00. The van der Waals surface area contributed by atoms with Crippen LogP contribution in [0.15, 0.2) is 43.0 Å². The number of hydrogen-bond donors (Lipinski definition) is 1. The van der Waals surface area contributed by atoms with Gasteiger partial charge in [-0.1, -0.05) is 42.8 Å². The highest BCUT2D eigenvalue weighted by Crippen LogP contribution is 2.09. The van der Waals surface area contributed by atoms with E-state index in [-0.39, 0.29) is 6.10 Å². The molecular formula is C14H20O. The third kappa shape index (κ3) is 5.38. The summed E-state index contributed by atoms with van der Waals surface area (Å²) in [6.07, 6.45) is 6.54. The zero-order valence-electron chi connectivity index (χ0n) is 9.23. The maximum atomic E-state index is 9.48. The van der Waals surface area contributed by atoms with E-state index in [1.165, 1.54) is 5.56 Å². The molecule has 0 amide bonds. The standard InChI is InChI=1S/C14H20O/c1-2-8-14(15)12-7-6-11-13-9-4-3-5-10-13/h2-5,9-10,14-15H,1,6-8,11-12H2/t14-/m0/s1. The van der Waals surface area contributed by atoms with Gasteiger partial charge in [0, 0.05) is 0 Å². The number of unbranched alkanes of at least 4 members (excludes halogenated alkanes) is 1. The second-order valence-electron chi connectivity index (χ2n) is 3.91. The molecule has 1 nitrogen and oxygen atoms in total. The van der Waals surface area contributed by atoms with Crippen molar-refractivity contribution in [2.24, 2.45) is 0 Å². The van der Waals surface area contributed by atoms with E-state index in [1.54, 1.807) is 6.08 Å². The quantitative estimate of drug-likeness (QED) is 0.533. The molecule has 82 valence electrons. The molecule has 0 saturated carbocycles. The summed E-state index contributed by atoms with van der Waals surface area (Å²) in [7, 11) is 0. The predicted octanol–water partition coefficient (Wildman–Crippen LogP) is 3.34. The molecule has 0 unspecified atom stereocenters. The molecule has 1 rings (SSSR count). The lowest BCUT2D eigenvalue weighted by Crippen LogP contribution is -2.04. The zero-order chi connectivity index (χ0) is 10.9. The zero-order valence-corrected chi connectivity index (χ0v) is 9.23. The van der Waals surface area contributed by atoms with Gasteiger partial charge >= 0.3 is 0 Å². The highest BCUT2D eigenvalue weighted by molar-refractivity contribution is 5.14. The molecule has 0 aromatic heterocycles. The molecule has 0 saturated heterocycles. The molecule has 0 radical (unpaired) electrons. The first-order chi connectivity index (χ1) is 7.33. The normalized spacial score (nSPS) is 12.3. The molecule has 1 N–H and O–H groups in total. The first kappa shape index (κ1) is 12.0. The van der Waals surface area contributed by atoms with Crippen molar-refractivity contribution in [3.8, 4) is 0 Å². The van der Waals surface area contributed by atoms with Crippen molar-refractivity contribution < 1.29 is 5.11 Å². The SMILES string of the molecule is C=CC[C@H](O)CCCCc1ccccc1. The summed E-state index contributed by atoms with van der Waals surface area (Å²) in [6, 6.07) is 10.5. The Morgan fingerprint density at radius 1 is 1.20 bits per heavy atom. The summed E-state index contributed by atoms with van der Waals surface area (Å²) in [5, 5.41) is 9.48. The molecular weight excluding hydrogens is 184 g/mol. The highest BCUT2D eigenvalue weighted by atomic mass is 16.3. The second kappa shape index (κ2) is 7.24. The summed E-state index contributed by atoms with van der Waals surface area (Å²) < 4.78 is 0. The number of aliphatic hydroxyl groups is 1. The number of benzene rings is 1. The minimum atomic E-state index is -0.196. The van der Waals surface area contributed by atoms with Crippen LogP contribution in [-0.2, 0) is 6.42 Å². The smallest absolute Gasteiger partial charge is 0.0574 e. The summed E-state index contributed by atoms with van der Waals surface area (Å²) in [6.45, 7) is 3.62. The van der Waals surface area contributed by atoms with Gasteiger partial charge in [0.25, 0.3) is 0 Å². The predicted molar refractivity (Wildman–Crippen MR) is 64.8 cm³/mol. The minimum Gasteiger partial charge on any atom is -0.393 e. The summed E-state index contributed by atoms with van der Waals surface area (Å²) >= 11 is 0. The fourth-order valence-electron chi connectivity index (χ4n) is 1.66. The van der Waals surface area contributed by atoms with E-state index in [0.717, 1.165) is 25.7 Å². The Labute approximate surface area is 92.5 Å². The fraction of sp³-hybridized carbons (Fsp3) is 0.429. The second-order valence-corrected chi connectivity index (χ2v) is 3.91. The Bertz CT molecular complexity index is 266. The number of hydrogen-bond acceptors (Lipinski definition) is 1. The van der Waals surface area contributed by atoms with Crippen molar-refractivity contribution in [1.82, 2.24) is 0 Å². The van der Waals surface area contributed by atoms with Crippen molar-refractivity contribution >= 4 is 0 Å². The molecule has 0 aliphatic heterocycles. The van der Waals surface area contributed by atoms with Crippen LogP contribution in [0.5, 0.6) is 0 Å². The van der Waals surface area contributed by atoms with Crippen LogP contribution in [0.1, 0.15) is 31.2 Å². The molecule has 0 spiro atoms. The van der Waals surface area contributed by atoms with Crippen molar-refractivity contribution in [1.29, 1.82) is 0 Å². The van der Waals surface area contributed by atoms with Gasteiger partial charge in [-0.25, -0.2) is 0 Å². The van der Waals surface area contributed by atoms with Crippen LogP contribution in [-0.4, -0.2) is 11.2 Å². The molecule has 1 heteroatoms. The van der Waals surface area contributed by atoms with E-state index in [9.17, 15) is 5.11 Å². The maximum Gasteiger partial charge on any atom is 0.0574 e. The fourth-order valence-corrected chi connectivity index (χ4v) is 1.66. The molecule has 0 fully saturated rings. The number of aliphatic hydroxyl groups excluding tert-OH is 1. The van der Waals surface area contributed by atoms with Crippen LogP contribution in [0.3, 0.4) is 0 Å². The van der Waals surface area contributed by atoms with Crippen LogP contribution >= 0.6 is 0 Å². The van der Waals surface area contributed by atoms with Crippen molar-refractivity contribution in [2.45, 2.75) is 38.2 Å². The Kier molecular flexibility index (Phi) is 5.79. The van der Waals surface area contributed by atoms with Gasteiger partial charge in [-0.2, -0.15) is 0 Å². The summed E-state index contributed by atoms with van der Waals surface area (Å²) in [5.74, 6) is 0. The molecule has 15 heavy (non-hydrogen) atoms. The number of aryl methyl sites for hydroxylation is 1. The van der Waals surface area contributed by atoms with E-state index in [2.05, 4.69) is 30.8 Å². The van der Waals surface area contributed by atoms with Gasteiger partial charge in [0.15, 0.2) is 0 Å². The van der Waals surface area contributed by atoms with Gasteiger partial charge in [0.05, 0.1) is 6.10 Å². The van der Waals surface area contributed by atoms with Crippen LogP contribution < -0.4 is 0 Å². The third-order valence-corrected chi connectivity index (χ3v) is 2.53. The lowest BCUT2D eigenvalue weighted by Gasteiger charge is -2.07. The largest absolute Gasteiger partial charge is 0.393 e. The lowest BCUT2D eigenvalue weighted by atomic mass is 10.0. The van der Waals surface area contributed by atoms with Crippen LogP contribution in [0.2, 0.25) is 0 Å². The van der Waals surface area contributed by atoms with E-state index in [4.69, 9.17) is 0 Å². The van der Waals surface area contributed by atoms with Crippen molar-refractivity contribution in [3.05, 3.63) is 48.6 Å². The molecule has 0 heterocycles. The molecule has 1 aromatic carbocycles. The van der Waals surface area contributed by atoms with E-state index < -0.39 is 0 Å². The third-order valence-electron chi connectivity index (χ3n) is 2.53. The van der Waals surface area contributed by atoms with Crippen molar-refractivity contribution in [3.63, 3.8) is 0 Å². The van der Waals surface area contributed by atoms with Crippen molar-refractivity contribution in [2.75, 3.05) is 0 Å². The Morgan fingerprint density at radius 3 is 2.60 bits per heavy atom. The topological polar surface area (TPSA) is 20.2 Å². The molecule has 1 aromatic rings. The average molecular weight is 204 g/mol. The Balaban J connectivity index is 2.09. The van der Waals surface area contributed by atoms with E-state index >= 15 is 0 Å². The first-order valence-electron chi connectivity index (χ1n) is 5.66. The number of rotatable bonds is 7. The Hall–Kier alpha value is -1.08. The molecule has 0 aliphatic carbocycles. The van der Waals surface area contributed by atoms with Crippen LogP contribution in [0, 0.1) is 0 Å². The van der Waals surface area contributed by atoms with Gasteiger partial charge < -0.3 is 5.11 Å². The van der Waals surface area contributed by atoms with E-state index in [1.807, 2.05) is 6.07 Å². The van der Waals surface area contributed by atoms with Crippen LogP contribution in [0.4, 0.5) is 0 Å². The van der Waals surface area contributed by atoms with Gasteiger partial charge in [-0.15, -0.1) is 6.58 Å². The van der Waals surface area contributed by atoms with Gasteiger partial charge in [-0.3, -0.25) is 0 Å². The maximum absolute atomic E-state index is 9.48. The molecule has 1 atom stereocenters. The minimum absolute atomic E-state index is 0.196. The molecule has 0 bridgehead atoms. The van der Waals surface area contributed by atoms with Gasteiger partial charge in [0.2, 0.25) is 0 Å². The average Bonchev–Trinajstić information content (AvgIpc) is 2.26.